The number of benzene rings is 1. The number of hydrogen-bond acceptors (Lipinski definition) is 2. The van der Waals surface area contributed by atoms with Crippen LogP contribution >= 0.6 is 0 Å². The number of aliphatic hydroxyl groups excluding tert-OH is 1. The van der Waals surface area contributed by atoms with Crippen molar-refractivity contribution in [3.63, 3.8) is 0 Å². The lowest BCUT2D eigenvalue weighted by Gasteiger charge is -2.27. The molecule has 0 saturated heterocycles. The second-order valence-electron chi connectivity index (χ2n) is 4.11. The van der Waals surface area contributed by atoms with Gasteiger partial charge in [-0.1, -0.05) is 30.3 Å². The van der Waals surface area contributed by atoms with E-state index < -0.39 is 0 Å². The van der Waals surface area contributed by atoms with E-state index in [1.807, 2.05) is 30.3 Å². The Morgan fingerprint density at radius 3 is 2.62 bits per heavy atom. The van der Waals surface area contributed by atoms with Crippen LogP contribution in [0.5, 0.6) is 0 Å². The molecule has 86 valence electrons. The van der Waals surface area contributed by atoms with E-state index in [1.54, 1.807) is 0 Å². The van der Waals surface area contributed by atoms with Crippen molar-refractivity contribution in [1.82, 2.24) is 4.90 Å². The SMILES string of the molecule is OCC1=C(F)CN(Cc2ccccc2)CC1. The molecule has 0 fully saturated rings. The van der Waals surface area contributed by atoms with Gasteiger partial charge in [-0.15, -0.1) is 0 Å². The third kappa shape index (κ3) is 2.68. The van der Waals surface area contributed by atoms with E-state index in [-0.39, 0.29) is 12.4 Å². The first-order valence-corrected chi connectivity index (χ1v) is 5.53. The first-order valence-electron chi connectivity index (χ1n) is 5.53. The molecule has 1 aromatic rings. The summed E-state index contributed by atoms with van der Waals surface area (Å²) in [5.74, 6) is -0.162. The summed E-state index contributed by atoms with van der Waals surface area (Å²) in [5, 5.41) is 8.92. The molecule has 0 radical (unpaired) electrons. The third-order valence-corrected chi connectivity index (χ3v) is 2.92. The first-order chi connectivity index (χ1) is 7.79. The van der Waals surface area contributed by atoms with Crippen LogP contribution in [0, 0.1) is 0 Å². The molecule has 1 aromatic carbocycles. The minimum atomic E-state index is -0.162. The molecule has 16 heavy (non-hydrogen) atoms. The van der Waals surface area contributed by atoms with Crippen LogP contribution in [0.2, 0.25) is 0 Å². The molecule has 0 amide bonds. The normalized spacial score (nSPS) is 17.9. The van der Waals surface area contributed by atoms with Gasteiger partial charge in [-0.25, -0.2) is 4.39 Å². The van der Waals surface area contributed by atoms with Crippen LogP contribution in [0.1, 0.15) is 12.0 Å². The maximum atomic E-state index is 13.5. The molecule has 0 spiro atoms. The van der Waals surface area contributed by atoms with Gasteiger partial charge >= 0.3 is 0 Å². The van der Waals surface area contributed by atoms with E-state index in [2.05, 4.69) is 4.90 Å². The van der Waals surface area contributed by atoms with Crippen molar-refractivity contribution >= 4 is 0 Å². The zero-order valence-electron chi connectivity index (χ0n) is 9.19. The van der Waals surface area contributed by atoms with Crippen LogP contribution < -0.4 is 0 Å². The maximum absolute atomic E-state index is 13.5. The lowest BCUT2D eigenvalue weighted by molar-refractivity contribution is 0.234. The van der Waals surface area contributed by atoms with Gasteiger partial charge in [-0.05, 0) is 17.6 Å². The number of halogens is 1. The van der Waals surface area contributed by atoms with E-state index in [4.69, 9.17) is 5.11 Å². The predicted molar refractivity (Wildman–Crippen MR) is 61.6 cm³/mol. The summed E-state index contributed by atoms with van der Waals surface area (Å²) in [6.07, 6.45) is 0.634. The molecule has 0 saturated carbocycles. The van der Waals surface area contributed by atoms with Crippen molar-refractivity contribution in [1.29, 1.82) is 0 Å². The Morgan fingerprint density at radius 1 is 1.25 bits per heavy atom. The highest BCUT2D eigenvalue weighted by atomic mass is 19.1. The fourth-order valence-electron chi connectivity index (χ4n) is 1.96. The average molecular weight is 221 g/mol. The zero-order valence-corrected chi connectivity index (χ0v) is 9.19. The Balaban J connectivity index is 1.97. The van der Waals surface area contributed by atoms with Gasteiger partial charge < -0.3 is 5.11 Å². The van der Waals surface area contributed by atoms with Crippen molar-refractivity contribution in [2.45, 2.75) is 13.0 Å². The lowest BCUT2D eigenvalue weighted by Crippen LogP contribution is -2.31. The highest BCUT2D eigenvalue weighted by molar-refractivity contribution is 5.17. The number of hydrogen-bond donors (Lipinski definition) is 1. The van der Waals surface area contributed by atoms with Crippen molar-refractivity contribution < 1.29 is 9.50 Å². The Kier molecular flexibility index (Phi) is 3.70. The largest absolute Gasteiger partial charge is 0.392 e. The first kappa shape index (κ1) is 11.3. The number of aliphatic hydroxyl groups is 1. The third-order valence-electron chi connectivity index (χ3n) is 2.92. The van der Waals surface area contributed by atoms with Crippen molar-refractivity contribution in [3.05, 3.63) is 47.3 Å². The molecule has 0 atom stereocenters. The molecular formula is C13H16FNO. The van der Waals surface area contributed by atoms with E-state index in [9.17, 15) is 4.39 Å². The van der Waals surface area contributed by atoms with Gasteiger partial charge in [0.15, 0.2) is 0 Å². The van der Waals surface area contributed by atoms with E-state index in [0.717, 1.165) is 13.1 Å². The summed E-state index contributed by atoms with van der Waals surface area (Å²) < 4.78 is 13.5. The van der Waals surface area contributed by atoms with Crippen molar-refractivity contribution in [3.8, 4) is 0 Å². The fourth-order valence-corrected chi connectivity index (χ4v) is 1.96. The van der Waals surface area contributed by atoms with Crippen LogP contribution in [0.3, 0.4) is 0 Å². The molecule has 3 heteroatoms. The van der Waals surface area contributed by atoms with E-state index in [1.165, 1.54) is 5.56 Å². The van der Waals surface area contributed by atoms with Gasteiger partial charge in [0.25, 0.3) is 0 Å². The number of nitrogens with zero attached hydrogens (tertiary/aromatic N) is 1. The average Bonchev–Trinajstić information content (AvgIpc) is 2.31. The van der Waals surface area contributed by atoms with E-state index >= 15 is 0 Å². The summed E-state index contributed by atoms with van der Waals surface area (Å²) in [5.41, 5.74) is 1.76. The molecule has 1 aliphatic rings. The summed E-state index contributed by atoms with van der Waals surface area (Å²) in [6, 6.07) is 10.0. The molecule has 0 aromatic heterocycles. The Labute approximate surface area is 95.0 Å². The minimum Gasteiger partial charge on any atom is -0.392 e. The monoisotopic (exact) mass is 221 g/mol. The highest BCUT2D eigenvalue weighted by Crippen LogP contribution is 2.19. The van der Waals surface area contributed by atoms with Crippen LogP contribution in [-0.2, 0) is 6.54 Å². The maximum Gasteiger partial charge on any atom is 0.115 e. The van der Waals surface area contributed by atoms with Gasteiger partial charge in [0.05, 0.1) is 13.2 Å². The van der Waals surface area contributed by atoms with Crippen LogP contribution in [0.15, 0.2) is 41.7 Å². The van der Waals surface area contributed by atoms with Crippen LogP contribution in [-0.4, -0.2) is 29.7 Å². The Hall–Kier alpha value is -1.19. The van der Waals surface area contributed by atoms with Crippen LogP contribution in [0.25, 0.3) is 0 Å². The second kappa shape index (κ2) is 5.23. The van der Waals surface area contributed by atoms with Gasteiger partial charge in [-0.3, -0.25) is 4.90 Å². The quantitative estimate of drug-likeness (QED) is 0.845. The van der Waals surface area contributed by atoms with Gasteiger partial charge in [-0.2, -0.15) is 0 Å². The molecule has 2 nitrogen and oxygen atoms in total. The number of rotatable bonds is 3. The summed E-state index contributed by atoms with van der Waals surface area (Å²) in [6.45, 7) is 1.76. The summed E-state index contributed by atoms with van der Waals surface area (Å²) in [4.78, 5) is 2.06. The van der Waals surface area contributed by atoms with E-state index in [0.29, 0.717) is 18.5 Å². The van der Waals surface area contributed by atoms with Crippen molar-refractivity contribution in [2.75, 3.05) is 19.7 Å². The minimum absolute atomic E-state index is 0.148. The second-order valence-corrected chi connectivity index (χ2v) is 4.11. The smallest absolute Gasteiger partial charge is 0.115 e. The standard InChI is InChI=1S/C13H16FNO/c14-13-9-15(7-6-12(13)10-16)8-11-4-2-1-3-5-11/h1-5,16H,6-10H2. The van der Waals surface area contributed by atoms with Gasteiger partial charge in [0.2, 0.25) is 0 Å². The molecule has 1 N–H and O–H groups in total. The molecule has 0 bridgehead atoms. The van der Waals surface area contributed by atoms with Gasteiger partial charge in [0.1, 0.15) is 5.83 Å². The zero-order chi connectivity index (χ0) is 11.4. The molecule has 1 aliphatic heterocycles. The topological polar surface area (TPSA) is 23.5 Å². The molecule has 1 heterocycles. The molecular weight excluding hydrogens is 205 g/mol. The van der Waals surface area contributed by atoms with Gasteiger partial charge in [0, 0.05) is 13.1 Å². The Morgan fingerprint density at radius 2 is 2.00 bits per heavy atom. The fraction of sp³-hybridized carbons (Fsp3) is 0.385. The molecule has 0 unspecified atom stereocenters. The predicted octanol–water partition coefficient (Wildman–Crippen LogP) is 2.11. The van der Waals surface area contributed by atoms with Crippen molar-refractivity contribution in [2.24, 2.45) is 0 Å². The Bertz CT molecular complexity index is 375. The van der Waals surface area contributed by atoms with Crippen LogP contribution in [0.4, 0.5) is 4.39 Å². The summed E-state index contributed by atoms with van der Waals surface area (Å²) >= 11 is 0. The molecule has 2 rings (SSSR count). The summed E-state index contributed by atoms with van der Waals surface area (Å²) in [7, 11) is 0. The highest BCUT2D eigenvalue weighted by Gasteiger charge is 2.18. The molecule has 0 aliphatic carbocycles. The lowest BCUT2D eigenvalue weighted by atomic mass is 10.1.